The second-order valence-corrected chi connectivity index (χ2v) is 3.28. The smallest absolute Gasteiger partial charge is 0.244 e. The summed E-state index contributed by atoms with van der Waals surface area (Å²) in [6.45, 7) is 0. The average molecular weight is 168 g/mol. The molecule has 0 bridgehead atoms. The van der Waals surface area contributed by atoms with Crippen molar-refractivity contribution in [3.05, 3.63) is 11.6 Å². The topological polar surface area (TPSA) is 32.6 Å². The molecule has 62 valence electrons. The Bertz CT molecular complexity index is 338. The number of hydrogen-bond acceptors (Lipinski definition) is 2. The van der Waals surface area contributed by atoms with Crippen LogP contribution in [-0.2, 0) is 0 Å². The van der Waals surface area contributed by atoms with Crippen LogP contribution in [0.4, 0.5) is 0 Å². The average Bonchev–Trinajstić information content (AvgIpc) is 2.09. The van der Waals surface area contributed by atoms with Crippen LogP contribution in [0.3, 0.4) is 0 Å². The van der Waals surface area contributed by atoms with Gasteiger partial charge < -0.3 is 10.0 Å². The summed E-state index contributed by atoms with van der Waals surface area (Å²) in [6.07, 6.45) is 1.70. The molecule has 2 nitrogen and oxygen atoms in total. The Kier molecular flexibility index (Phi) is 2.91. The molecule has 0 heterocycles. The van der Waals surface area contributed by atoms with Crippen molar-refractivity contribution in [1.82, 2.24) is 0 Å². The third-order valence-corrected chi connectivity index (χ3v) is 2.32. The molecule has 0 aromatic heterocycles. The van der Waals surface area contributed by atoms with Crippen LogP contribution in [0.2, 0.25) is 0 Å². The SMILES string of the molecule is B/N=C\c1c(B)c(B)cc(B)c1O. The van der Waals surface area contributed by atoms with Gasteiger partial charge in [0, 0.05) is 11.8 Å². The van der Waals surface area contributed by atoms with E-state index in [1.54, 1.807) is 14.2 Å². The maximum absolute atomic E-state index is 9.74. The molecule has 1 rings (SSSR count). The normalized spacial score (nSPS) is 10.8. The number of rotatable bonds is 1. The molecule has 1 N–H and O–H groups in total. The predicted octanol–water partition coefficient (Wildman–Crippen LogP) is -4.87. The fraction of sp³-hybridized carbons (Fsp3) is 0. The third kappa shape index (κ3) is 1.82. The minimum Gasteiger partial charge on any atom is -0.508 e. The van der Waals surface area contributed by atoms with Crippen LogP contribution < -0.4 is 16.4 Å². The first kappa shape index (κ1) is 10.0. The van der Waals surface area contributed by atoms with Gasteiger partial charge in [0.2, 0.25) is 7.98 Å². The number of phenols is 1. The highest BCUT2D eigenvalue weighted by molar-refractivity contribution is 6.52. The lowest BCUT2D eigenvalue weighted by atomic mass is 9.74. The van der Waals surface area contributed by atoms with Crippen molar-refractivity contribution in [3.63, 3.8) is 0 Å². The van der Waals surface area contributed by atoms with Crippen LogP contribution in [0, 0.1) is 0 Å². The van der Waals surface area contributed by atoms with E-state index >= 15 is 0 Å². The van der Waals surface area contributed by atoms with Gasteiger partial charge in [0.15, 0.2) is 0 Å². The van der Waals surface area contributed by atoms with E-state index in [0.29, 0.717) is 5.75 Å². The Hall–Kier alpha value is -1.05. The number of aromatic hydroxyl groups is 1. The van der Waals surface area contributed by atoms with Crippen molar-refractivity contribution in [2.24, 2.45) is 4.90 Å². The molecule has 0 fully saturated rings. The quantitative estimate of drug-likeness (QED) is 0.331. The summed E-state index contributed by atoms with van der Waals surface area (Å²) in [7, 11) is 7.63. The largest absolute Gasteiger partial charge is 0.508 e. The summed E-state index contributed by atoms with van der Waals surface area (Å²) in [4.78, 5) is 3.92. The molecular weight excluding hydrogens is 157 g/mol. The molecule has 0 saturated carbocycles. The van der Waals surface area contributed by atoms with Crippen LogP contribution in [-0.4, -0.2) is 42.8 Å². The first-order chi connectivity index (χ1) is 6.07. The van der Waals surface area contributed by atoms with Gasteiger partial charge >= 0.3 is 0 Å². The Morgan fingerprint density at radius 2 is 1.85 bits per heavy atom. The third-order valence-electron chi connectivity index (χ3n) is 2.32. The van der Waals surface area contributed by atoms with Gasteiger partial charge in [0.05, 0.1) is 0 Å². The van der Waals surface area contributed by atoms with E-state index in [9.17, 15) is 5.11 Å². The van der Waals surface area contributed by atoms with Gasteiger partial charge in [0.25, 0.3) is 0 Å². The van der Waals surface area contributed by atoms with E-state index in [1.165, 1.54) is 5.46 Å². The monoisotopic (exact) mass is 169 g/mol. The van der Waals surface area contributed by atoms with Gasteiger partial charge in [0.1, 0.15) is 29.3 Å². The van der Waals surface area contributed by atoms with Crippen molar-refractivity contribution in [2.75, 3.05) is 0 Å². The molecule has 0 amide bonds. The van der Waals surface area contributed by atoms with E-state index in [1.807, 2.05) is 29.6 Å². The minimum atomic E-state index is 0.341. The van der Waals surface area contributed by atoms with Crippen molar-refractivity contribution < 1.29 is 5.11 Å². The maximum atomic E-state index is 9.74. The van der Waals surface area contributed by atoms with Gasteiger partial charge in [-0.3, -0.25) is 0 Å². The molecular formula is C7H11B4NO. The molecule has 0 spiro atoms. The standard InChI is InChI=1S/C7H11B4NO/c8-4-1-5(9)7(13)3(2-12-11)6(4)10/h1-2,13H,8-11H2/b12-2-. The molecule has 13 heavy (non-hydrogen) atoms. The maximum Gasteiger partial charge on any atom is 0.244 e. The predicted molar refractivity (Wildman–Crippen MR) is 68.8 cm³/mol. The Morgan fingerprint density at radius 1 is 1.23 bits per heavy atom. The molecule has 0 unspecified atom stereocenters. The Morgan fingerprint density at radius 3 is 2.38 bits per heavy atom. The zero-order chi connectivity index (χ0) is 10.0. The first-order valence-corrected chi connectivity index (χ1v) is 4.30. The second-order valence-electron chi connectivity index (χ2n) is 3.28. The zero-order valence-electron chi connectivity index (χ0n) is 8.55. The molecule has 0 saturated heterocycles. The summed E-state index contributed by atoms with van der Waals surface area (Å²) in [6, 6.07) is 1.98. The summed E-state index contributed by atoms with van der Waals surface area (Å²) in [5.41, 5.74) is 4.01. The number of hydrogen-bond donors (Lipinski definition) is 1. The van der Waals surface area contributed by atoms with Crippen LogP contribution in [0.15, 0.2) is 11.0 Å². The molecule has 1 aromatic rings. The molecule has 0 aliphatic carbocycles. The van der Waals surface area contributed by atoms with Gasteiger partial charge in [-0.15, -0.1) is 0 Å². The van der Waals surface area contributed by atoms with Crippen molar-refractivity contribution in [2.45, 2.75) is 0 Å². The lowest BCUT2D eigenvalue weighted by Gasteiger charge is -2.10. The van der Waals surface area contributed by atoms with E-state index in [4.69, 9.17) is 0 Å². The minimum absolute atomic E-state index is 0.341. The van der Waals surface area contributed by atoms with E-state index in [0.717, 1.165) is 16.5 Å². The highest BCUT2D eigenvalue weighted by Gasteiger charge is 2.07. The molecule has 0 radical (unpaired) electrons. The van der Waals surface area contributed by atoms with Crippen molar-refractivity contribution in [1.29, 1.82) is 0 Å². The van der Waals surface area contributed by atoms with E-state index < -0.39 is 0 Å². The highest BCUT2D eigenvalue weighted by atomic mass is 16.3. The van der Waals surface area contributed by atoms with Gasteiger partial charge in [-0.25, -0.2) is 0 Å². The van der Waals surface area contributed by atoms with Gasteiger partial charge in [-0.1, -0.05) is 17.0 Å². The molecule has 0 aliphatic rings. The number of nitrogens with zero attached hydrogens (tertiary/aromatic N) is 1. The fourth-order valence-corrected chi connectivity index (χ4v) is 1.39. The lowest BCUT2D eigenvalue weighted by Crippen LogP contribution is -2.33. The fourth-order valence-electron chi connectivity index (χ4n) is 1.39. The molecule has 6 heteroatoms. The van der Waals surface area contributed by atoms with Crippen LogP contribution >= 0.6 is 0 Å². The van der Waals surface area contributed by atoms with Crippen LogP contribution in [0.1, 0.15) is 5.56 Å². The molecule has 0 aliphatic heterocycles. The van der Waals surface area contributed by atoms with Crippen LogP contribution in [0.5, 0.6) is 5.75 Å². The van der Waals surface area contributed by atoms with E-state index in [-0.39, 0.29) is 0 Å². The summed E-state index contributed by atoms with van der Waals surface area (Å²) in [5.74, 6) is 0.341. The number of phenolic OH excluding ortho intramolecular Hbond substituents is 1. The van der Waals surface area contributed by atoms with Crippen molar-refractivity contribution in [3.8, 4) is 5.75 Å². The Balaban J connectivity index is 3.46. The summed E-state index contributed by atoms with van der Waals surface area (Å²) < 4.78 is 0. The first-order valence-electron chi connectivity index (χ1n) is 4.30. The molecule has 0 atom stereocenters. The van der Waals surface area contributed by atoms with Gasteiger partial charge in [-0.2, -0.15) is 0 Å². The summed E-state index contributed by atoms with van der Waals surface area (Å²) >= 11 is 0. The Labute approximate surface area is 82.1 Å². The second kappa shape index (κ2) is 3.77. The highest BCUT2D eigenvalue weighted by Crippen LogP contribution is 2.05. The zero-order valence-corrected chi connectivity index (χ0v) is 8.55. The number of benzene rings is 1. The van der Waals surface area contributed by atoms with Crippen LogP contribution in [0.25, 0.3) is 0 Å². The van der Waals surface area contributed by atoms with E-state index in [2.05, 4.69) is 4.90 Å². The van der Waals surface area contributed by atoms with Gasteiger partial charge in [-0.05, 0) is 5.46 Å². The molecule has 1 aromatic carbocycles. The van der Waals surface area contributed by atoms with Crippen molar-refractivity contribution >= 4 is 54.1 Å². The lowest BCUT2D eigenvalue weighted by molar-refractivity contribution is 0.479. The summed E-state index contributed by atoms with van der Waals surface area (Å²) in [5, 5.41) is 9.74.